The lowest BCUT2D eigenvalue weighted by Gasteiger charge is -2.19. The molecule has 0 spiro atoms. The molecule has 0 radical (unpaired) electrons. The van der Waals surface area contributed by atoms with Crippen molar-refractivity contribution in [2.24, 2.45) is 0 Å². The maximum Gasteiger partial charge on any atom is 0.233 e. The Hall–Kier alpha value is -0.960. The smallest absolute Gasteiger partial charge is 0.233 e. The molecule has 1 aromatic rings. The first-order valence-electron chi connectivity index (χ1n) is 7.28. The zero-order valence-corrected chi connectivity index (χ0v) is 12.4. The van der Waals surface area contributed by atoms with E-state index in [1.165, 1.54) is 25.7 Å². The maximum atomic E-state index is 12.2. The molecule has 1 unspecified atom stereocenters. The van der Waals surface area contributed by atoms with Gasteiger partial charge in [-0.15, -0.1) is 11.8 Å². The number of carbonyl (C=O) groups excluding carboxylic acids is 1. The van der Waals surface area contributed by atoms with Crippen LogP contribution in [0.5, 0.6) is 0 Å². The van der Waals surface area contributed by atoms with Crippen LogP contribution in [0.15, 0.2) is 35.2 Å². The molecule has 1 fully saturated rings. The third-order valence-electron chi connectivity index (χ3n) is 3.63. The molecule has 1 aliphatic carbocycles. The van der Waals surface area contributed by atoms with Gasteiger partial charge in [0, 0.05) is 10.9 Å². The van der Waals surface area contributed by atoms with Crippen molar-refractivity contribution in [3.05, 3.63) is 30.3 Å². The summed E-state index contributed by atoms with van der Waals surface area (Å²) in [6.45, 7) is 1.99. The summed E-state index contributed by atoms with van der Waals surface area (Å²) in [5, 5.41) is 3.20. The van der Waals surface area contributed by atoms with Gasteiger partial charge in [0.15, 0.2) is 0 Å². The zero-order valence-electron chi connectivity index (χ0n) is 11.6. The van der Waals surface area contributed by atoms with Gasteiger partial charge in [0.2, 0.25) is 5.91 Å². The van der Waals surface area contributed by atoms with Crippen LogP contribution in [0.1, 0.15) is 45.4 Å². The van der Waals surface area contributed by atoms with Crippen molar-refractivity contribution in [2.45, 2.75) is 61.6 Å². The summed E-state index contributed by atoms with van der Waals surface area (Å²) in [7, 11) is 0. The first kappa shape index (κ1) is 14.4. The molecule has 0 aliphatic heterocycles. The molecule has 0 aromatic heterocycles. The van der Waals surface area contributed by atoms with Crippen molar-refractivity contribution in [3.8, 4) is 0 Å². The van der Waals surface area contributed by atoms with Crippen LogP contribution in [0.25, 0.3) is 0 Å². The number of hydrogen-bond donors (Lipinski definition) is 1. The highest BCUT2D eigenvalue weighted by Gasteiger charge is 2.19. The molecule has 3 heteroatoms. The Morgan fingerprint density at radius 3 is 2.42 bits per heavy atom. The highest BCUT2D eigenvalue weighted by atomic mass is 32.2. The van der Waals surface area contributed by atoms with Crippen molar-refractivity contribution >= 4 is 17.7 Å². The van der Waals surface area contributed by atoms with Gasteiger partial charge >= 0.3 is 0 Å². The van der Waals surface area contributed by atoms with Gasteiger partial charge in [-0.2, -0.15) is 0 Å². The number of hydrogen-bond acceptors (Lipinski definition) is 2. The van der Waals surface area contributed by atoms with Crippen molar-refractivity contribution in [1.82, 2.24) is 5.32 Å². The van der Waals surface area contributed by atoms with Gasteiger partial charge in [-0.05, 0) is 31.9 Å². The first-order valence-corrected chi connectivity index (χ1v) is 8.16. The van der Waals surface area contributed by atoms with Crippen LogP contribution in [-0.4, -0.2) is 17.2 Å². The van der Waals surface area contributed by atoms with E-state index in [0.29, 0.717) is 6.04 Å². The Balaban J connectivity index is 1.81. The average Bonchev–Trinajstić information content (AvgIpc) is 2.68. The van der Waals surface area contributed by atoms with Gasteiger partial charge in [0.25, 0.3) is 0 Å². The van der Waals surface area contributed by atoms with Crippen molar-refractivity contribution in [3.63, 3.8) is 0 Å². The molecule has 1 saturated carbocycles. The summed E-state index contributed by atoms with van der Waals surface area (Å²) in [6.07, 6.45) is 7.45. The summed E-state index contributed by atoms with van der Waals surface area (Å²) in [5.74, 6) is 0.181. The van der Waals surface area contributed by atoms with Crippen LogP contribution >= 0.6 is 11.8 Å². The normalized spacial score (nSPS) is 18.6. The quantitative estimate of drug-likeness (QED) is 0.665. The van der Waals surface area contributed by atoms with E-state index in [9.17, 15) is 4.79 Å². The van der Waals surface area contributed by atoms with Crippen LogP contribution in [0, 0.1) is 0 Å². The van der Waals surface area contributed by atoms with E-state index in [1.807, 2.05) is 25.1 Å². The highest BCUT2D eigenvalue weighted by molar-refractivity contribution is 8.00. The predicted octanol–water partition coefficient (Wildman–Crippen LogP) is 4.01. The Kier molecular flexibility index (Phi) is 5.77. The van der Waals surface area contributed by atoms with E-state index in [2.05, 4.69) is 17.4 Å². The molecule has 0 bridgehead atoms. The lowest BCUT2D eigenvalue weighted by atomic mass is 10.1. The largest absolute Gasteiger partial charge is 0.352 e. The number of nitrogens with one attached hydrogen (secondary N) is 1. The number of rotatable bonds is 4. The fourth-order valence-corrected chi connectivity index (χ4v) is 3.40. The van der Waals surface area contributed by atoms with E-state index in [4.69, 9.17) is 0 Å². The maximum absolute atomic E-state index is 12.2. The third-order valence-corrected chi connectivity index (χ3v) is 4.74. The summed E-state index contributed by atoms with van der Waals surface area (Å²) in [6, 6.07) is 10.5. The minimum Gasteiger partial charge on any atom is -0.352 e. The Morgan fingerprint density at radius 1 is 1.16 bits per heavy atom. The molecule has 1 aromatic carbocycles. The van der Waals surface area contributed by atoms with Crippen LogP contribution in [0.4, 0.5) is 0 Å². The molecule has 2 nitrogen and oxygen atoms in total. The molecular weight excluding hydrogens is 254 g/mol. The molecular formula is C16H23NOS. The summed E-state index contributed by atoms with van der Waals surface area (Å²) < 4.78 is 0. The summed E-state index contributed by atoms with van der Waals surface area (Å²) in [5.41, 5.74) is 0. The number of benzene rings is 1. The number of thioether (sulfide) groups is 1. The highest BCUT2D eigenvalue weighted by Crippen LogP contribution is 2.23. The SMILES string of the molecule is CC(Sc1ccccc1)C(=O)NC1CCCCCC1. The molecule has 1 aliphatic rings. The molecule has 104 valence electrons. The fraction of sp³-hybridized carbons (Fsp3) is 0.562. The van der Waals surface area contributed by atoms with Crippen molar-refractivity contribution in [2.75, 3.05) is 0 Å². The standard InChI is InChI=1S/C16H23NOS/c1-13(19-15-11-7-4-8-12-15)16(18)17-14-9-5-2-3-6-10-14/h4,7-8,11-14H,2-3,5-6,9-10H2,1H3,(H,17,18). The second-order valence-electron chi connectivity index (χ2n) is 5.27. The lowest BCUT2D eigenvalue weighted by molar-refractivity contribution is -0.121. The van der Waals surface area contributed by atoms with E-state index in [-0.39, 0.29) is 11.2 Å². The molecule has 1 amide bonds. The monoisotopic (exact) mass is 277 g/mol. The molecule has 0 saturated heterocycles. The second-order valence-corrected chi connectivity index (χ2v) is 6.68. The minimum atomic E-state index is -0.0225. The molecule has 0 heterocycles. The Morgan fingerprint density at radius 2 is 1.79 bits per heavy atom. The van der Waals surface area contributed by atoms with E-state index in [0.717, 1.165) is 17.7 Å². The van der Waals surface area contributed by atoms with Gasteiger partial charge in [-0.25, -0.2) is 0 Å². The molecule has 1 atom stereocenters. The minimum absolute atomic E-state index is 0.0225. The molecule has 2 rings (SSSR count). The predicted molar refractivity (Wildman–Crippen MR) is 81.4 cm³/mol. The van der Waals surface area contributed by atoms with Gasteiger partial charge in [0.1, 0.15) is 0 Å². The molecule has 19 heavy (non-hydrogen) atoms. The first-order chi connectivity index (χ1) is 9.25. The van der Waals surface area contributed by atoms with Gasteiger partial charge in [0.05, 0.1) is 5.25 Å². The molecule has 1 N–H and O–H groups in total. The fourth-order valence-electron chi connectivity index (χ4n) is 2.50. The van der Waals surface area contributed by atoms with E-state index >= 15 is 0 Å². The third kappa shape index (κ3) is 4.90. The van der Waals surface area contributed by atoms with Crippen LogP contribution in [0.2, 0.25) is 0 Å². The summed E-state index contributed by atoms with van der Waals surface area (Å²) >= 11 is 1.63. The van der Waals surface area contributed by atoms with Crippen molar-refractivity contribution in [1.29, 1.82) is 0 Å². The van der Waals surface area contributed by atoms with Crippen LogP contribution < -0.4 is 5.32 Å². The topological polar surface area (TPSA) is 29.1 Å². The van der Waals surface area contributed by atoms with Gasteiger partial charge in [-0.1, -0.05) is 43.9 Å². The number of amides is 1. The van der Waals surface area contributed by atoms with E-state index in [1.54, 1.807) is 11.8 Å². The summed E-state index contributed by atoms with van der Waals surface area (Å²) in [4.78, 5) is 13.4. The Labute approximate surface area is 120 Å². The van der Waals surface area contributed by atoms with Crippen molar-refractivity contribution < 1.29 is 4.79 Å². The van der Waals surface area contributed by atoms with Gasteiger partial charge in [-0.3, -0.25) is 4.79 Å². The average molecular weight is 277 g/mol. The van der Waals surface area contributed by atoms with E-state index < -0.39 is 0 Å². The Bertz CT molecular complexity index is 385. The number of carbonyl (C=O) groups is 1. The second kappa shape index (κ2) is 7.59. The van der Waals surface area contributed by atoms with Crippen LogP contribution in [-0.2, 0) is 4.79 Å². The zero-order chi connectivity index (χ0) is 13.5. The van der Waals surface area contributed by atoms with Gasteiger partial charge < -0.3 is 5.32 Å². The van der Waals surface area contributed by atoms with Crippen LogP contribution in [0.3, 0.4) is 0 Å². The lowest BCUT2D eigenvalue weighted by Crippen LogP contribution is -2.39.